The van der Waals surface area contributed by atoms with Crippen LogP contribution in [0.1, 0.15) is 23.2 Å². The lowest BCUT2D eigenvalue weighted by atomic mass is 10.1. The number of carbonyl (C=O) groups excluding carboxylic acids is 1. The number of hydrogen-bond donors (Lipinski definition) is 2. The summed E-state index contributed by atoms with van der Waals surface area (Å²) in [6, 6.07) is 0.987. The van der Waals surface area contributed by atoms with E-state index < -0.39 is 15.7 Å². The summed E-state index contributed by atoms with van der Waals surface area (Å²) < 4.78 is 23.0. The van der Waals surface area contributed by atoms with Crippen LogP contribution in [0.3, 0.4) is 0 Å². The fourth-order valence-corrected chi connectivity index (χ4v) is 3.83. The smallest absolute Gasteiger partial charge is 0.253 e. The van der Waals surface area contributed by atoms with E-state index in [1.54, 1.807) is 0 Å². The van der Waals surface area contributed by atoms with Crippen LogP contribution >= 0.6 is 11.6 Å². The third kappa shape index (κ3) is 3.57. The molecule has 19 heavy (non-hydrogen) atoms. The quantitative estimate of drug-likeness (QED) is 0.780. The number of nitrogens with one attached hydrogen (secondary N) is 1. The van der Waals surface area contributed by atoms with Crippen LogP contribution in [0.4, 0.5) is 5.69 Å². The van der Waals surface area contributed by atoms with Gasteiger partial charge in [0.25, 0.3) is 5.91 Å². The Morgan fingerprint density at radius 2 is 2.26 bits per heavy atom. The average molecular weight is 304 g/mol. The summed E-state index contributed by atoms with van der Waals surface area (Å²) in [7, 11) is -3.06. The molecular weight excluding hydrogens is 290 g/mol. The van der Waals surface area contributed by atoms with Crippen molar-refractivity contribution in [3.05, 3.63) is 23.0 Å². The van der Waals surface area contributed by atoms with E-state index in [1.807, 2.05) is 0 Å². The summed E-state index contributed by atoms with van der Waals surface area (Å²) in [5, 5.41) is 2.84. The summed E-state index contributed by atoms with van der Waals surface area (Å²) in [6.45, 7) is 0. The van der Waals surface area contributed by atoms with Crippen LogP contribution in [-0.4, -0.2) is 36.9 Å². The molecule has 1 saturated heterocycles. The van der Waals surface area contributed by atoms with E-state index >= 15 is 0 Å². The molecule has 1 aromatic heterocycles. The predicted molar refractivity (Wildman–Crippen MR) is 72.8 cm³/mol. The van der Waals surface area contributed by atoms with Crippen molar-refractivity contribution in [2.45, 2.75) is 18.9 Å². The highest BCUT2D eigenvalue weighted by molar-refractivity contribution is 7.91. The highest BCUT2D eigenvalue weighted by Gasteiger charge is 2.26. The number of nitrogen functional groups attached to an aromatic ring is 1. The molecule has 0 aromatic carbocycles. The fourth-order valence-electron chi connectivity index (χ4n) is 2.04. The SMILES string of the molecule is Nc1cnc(Cl)cc1C(=O)NC1CCCS(=O)(=O)C1. The normalized spacial score (nSPS) is 21.8. The van der Waals surface area contributed by atoms with E-state index in [0.29, 0.717) is 12.8 Å². The van der Waals surface area contributed by atoms with Crippen molar-refractivity contribution in [3.63, 3.8) is 0 Å². The van der Waals surface area contributed by atoms with Crippen LogP contribution in [0.2, 0.25) is 5.15 Å². The number of rotatable bonds is 2. The minimum atomic E-state index is -3.06. The first kappa shape index (κ1) is 14.1. The molecule has 1 unspecified atom stereocenters. The fraction of sp³-hybridized carbons (Fsp3) is 0.455. The number of carbonyl (C=O) groups is 1. The van der Waals surface area contributed by atoms with E-state index in [1.165, 1.54) is 12.3 Å². The molecule has 1 atom stereocenters. The molecule has 0 spiro atoms. The number of aromatic nitrogens is 1. The maximum atomic E-state index is 12.0. The molecule has 0 radical (unpaired) electrons. The minimum Gasteiger partial charge on any atom is -0.397 e. The molecule has 0 saturated carbocycles. The van der Waals surface area contributed by atoms with Crippen LogP contribution in [-0.2, 0) is 9.84 Å². The summed E-state index contributed by atoms with van der Waals surface area (Å²) in [5.74, 6) is -0.274. The van der Waals surface area contributed by atoms with Crippen molar-refractivity contribution in [1.82, 2.24) is 10.3 Å². The molecule has 1 aromatic rings. The first-order valence-corrected chi connectivity index (χ1v) is 7.99. The first-order valence-electron chi connectivity index (χ1n) is 5.80. The van der Waals surface area contributed by atoms with Crippen molar-refractivity contribution < 1.29 is 13.2 Å². The van der Waals surface area contributed by atoms with Gasteiger partial charge in [0.05, 0.1) is 29.0 Å². The van der Waals surface area contributed by atoms with Crippen molar-refractivity contribution in [2.75, 3.05) is 17.2 Å². The maximum absolute atomic E-state index is 12.0. The van der Waals surface area contributed by atoms with Crippen LogP contribution in [0.15, 0.2) is 12.3 Å². The van der Waals surface area contributed by atoms with E-state index in [9.17, 15) is 13.2 Å². The van der Waals surface area contributed by atoms with E-state index in [4.69, 9.17) is 17.3 Å². The standard InChI is InChI=1S/C11H14ClN3O3S/c12-10-4-8(9(13)5-14-10)11(16)15-7-2-1-3-19(17,18)6-7/h4-5,7H,1-3,6,13H2,(H,15,16). The number of halogens is 1. The molecular formula is C11H14ClN3O3S. The Hall–Kier alpha value is -1.34. The number of nitrogens with two attached hydrogens (primary N) is 1. The highest BCUT2D eigenvalue weighted by atomic mass is 35.5. The van der Waals surface area contributed by atoms with Gasteiger partial charge in [-0.2, -0.15) is 0 Å². The van der Waals surface area contributed by atoms with Crippen molar-refractivity contribution in [3.8, 4) is 0 Å². The number of amides is 1. The van der Waals surface area contributed by atoms with Crippen LogP contribution in [0, 0.1) is 0 Å². The number of nitrogens with zero attached hydrogens (tertiary/aromatic N) is 1. The molecule has 8 heteroatoms. The zero-order valence-electron chi connectivity index (χ0n) is 10.1. The lowest BCUT2D eigenvalue weighted by molar-refractivity contribution is 0.0939. The Bertz CT molecular complexity index is 603. The van der Waals surface area contributed by atoms with Crippen molar-refractivity contribution >= 4 is 33.0 Å². The molecule has 2 heterocycles. The topological polar surface area (TPSA) is 102 Å². The number of pyridine rings is 1. The third-order valence-electron chi connectivity index (χ3n) is 2.94. The van der Waals surface area contributed by atoms with Gasteiger partial charge in [0.15, 0.2) is 9.84 Å². The van der Waals surface area contributed by atoms with Gasteiger partial charge < -0.3 is 11.1 Å². The van der Waals surface area contributed by atoms with Gasteiger partial charge in [0.2, 0.25) is 0 Å². The molecule has 1 amide bonds. The third-order valence-corrected chi connectivity index (χ3v) is 4.97. The summed E-state index contributed by atoms with van der Waals surface area (Å²) in [5.41, 5.74) is 6.07. The van der Waals surface area contributed by atoms with E-state index in [0.717, 1.165) is 0 Å². The molecule has 6 nitrogen and oxygen atoms in total. The summed E-state index contributed by atoms with van der Waals surface area (Å²) >= 11 is 5.71. The van der Waals surface area contributed by atoms with Gasteiger partial charge in [-0.25, -0.2) is 13.4 Å². The van der Waals surface area contributed by atoms with Gasteiger partial charge >= 0.3 is 0 Å². The maximum Gasteiger partial charge on any atom is 0.253 e. The van der Waals surface area contributed by atoms with Gasteiger partial charge in [-0.15, -0.1) is 0 Å². The molecule has 0 aliphatic carbocycles. The number of anilines is 1. The Morgan fingerprint density at radius 3 is 2.95 bits per heavy atom. The van der Waals surface area contributed by atoms with Gasteiger partial charge in [0, 0.05) is 6.04 Å². The number of hydrogen-bond acceptors (Lipinski definition) is 5. The van der Waals surface area contributed by atoms with E-state index in [2.05, 4.69) is 10.3 Å². The van der Waals surface area contributed by atoms with Gasteiger partial charge in [0.1, 0.15) is 5.15 Å². The van der Waals surface area contributed by atoms with Gasteiger partial charge in [-0.05, 0) is 18.9 Å². The van der Waals surface area contributed by atoms with E-state index in [-0.39, 0.29) is 34.0 Å². The lowest BCUT2D eigenvalue weighted by Crippen LogP contribution is -2.43. The molecule has 104 valence electrons. The van der Waals surface area contributed by atoms with Crippen molar-refractivity contribution in [2.24, 2.45) is 0 Å². The Kier molecular flexibility index (Phi) is 3.96. The first-order chi connectivity index (χ1) is 8.87. The molecule has 1 aliphatic heterocycles. The Balaban J connectivity index is 2.11. The zero-order chi connectivity index (χ0) is 14.0. The van der Waals surface area contributed by atoms with Crippen molar-refractivity contribution in [1.29, 1.82) is 0 Å². The summed E-state index contributed by atoms with van der Waals surface area (Å²) in [6.07, 6.45) is 2.50. The van der Waals surface area contributed by atoms with Crippen LogP contribution in [0.5, 0.6) is 0 Å². The largest absolute Gasteiger partial charge is 0.397 e. The molecule has 2 rings (SSSR count). The second-order valence-corrected chi connectivity index (χ2v) is 7.14. The Morgan fingerprint density at radius 1 is 1.53 bits per heavy atom. The lowest BCUT2D eigenvalue weighted by Gasteiger charge is -2.23. The Labute approximate surface area is 116 Å². The molecule has 1 aliphatic rings. The monoisotopic (exact) mass is 303 g/mol. The van der Waals surface area contributed by atoms with Gasteiger partial charge in [-0.1, -0.05) is 11.6 Å². The summed E-state index contributed by atoms with van der Waals surface area (Å²) in [4.78, 5) is 15.8. The second kappa shape index (κ2) is 5.34. The van der Waals surface area contributed by atoms with Crippen LogP contribution in [0.25, 0.3) is 0 Å². The van der Waals surface area contributed by atoms with Gasteiger partial charge in [-0.3, -0.25) is 4.79 Å². The highest BCUT2D eigenvalue weighted by Crippen LogP contribution is 2.17. The molecule has 0 bridgehead atoms. The van der Waals surface area contributed by atoms with Crippen LogP contribution < -0.4 is 11.1 Å². The minimum absolute atomic E-state index is 0.0303. The average Bonchev–Trinajstić information content (AvgIpc) is 2.31. The second-order valence-electron chi connectivity index (χ2n) is 4.52. The predicted octanol–water partition coefficient (Wildman–Crippen LogP) is 0.624. The molecule has 3 N–H and O–H groups in total. The number of sulfone groups is 1. The zero-order valence-corrected chi connectivity index (χ0v) is 11.7. The molecule has 1 fully saturated rings.